The van der Waals surface area contributed by atoms with Gasteiger partial charge in [0.2, 0.25) is 5.91 Å². The molecule has 2 nitrogen and oxygen atoms in total. The van der Waals surface area contributed by atoms with Crippen molar-refractivity contribution in [1.29, 1.82) is 0 Å². The van der Waals surface area contributed by atoms with Gasteiger partial charge in [0.15, 0.2) is 0 Å². The Kier molecular flexibility index (Phi) is 7.38. The van der Waals surface area contributed by atoms with E-state index in [2.05, 4.69) is 25.7 Å². The molecule has 1 fully saturated rings. The molecule has 0 aromatic rings. The van der Waals surface area contributed by atoms with E-state index in [-0.39, 0.29) is 0 Å². The first-order valence-electron chi connectivity index (χ1n) is 7.98. The maximum Gasteiger partial charge on any atom is 0.223 e. The Morgan fingerprint density at radius 2 is 1.44 bits per heavy atom. The Balaban J connectivity index is 2.06. The summed E-state index contributed by atoms with van der Waals surface area (Å²) >= 11 is 0. The lowest BCUT2D eigenvalue weighted by molar-refractivity contribution is -0.133. The van der Waals surface area contributed by atoms with Crippen LogP contribution in [0.3, 0.4) is 0 Å². The smallest absolute Gasteiger partial charge is 0.223 e. The Hall–Kier alpha value is -0.530. The first-order chi connectivity index (χ1) is 8.66. The number of amides is 1. The number of nitrogens with zero attached hydrogens (tertiary/aromatic N) is 1. The van der Waals surface area contributed by atoms with Gasteiger partial charge in [0, 0.05) is 18.5 Å². The zero-order valence-electron chi connectivity index (χ0n) is 12.6. The first-order valence-corrected chi connectivity index (χ1v) is 7.98. The van der Waals surface area contributed by atoms with E-state index in [9.17, 15) is 4.79 Å². The monoisotopic (exact) mass is 253 g/mol. The van der Waals surface area contributed by atoms with Gasteiger partial charge in [-0.2, -0.15) is 0 Å². The van der Waals surface area contributed by atoms with Gasteiger partial charge in [-0.3, -0.25) is 4.79 Å². The van der Waals surface area contributed by atoms with Crippen molar-refractivity contribution >= 4 is 5.91 Å². The van der Waals surface area contributed by atoms with Crippen molar-refractivity contribution < 1.29 is 4.79 Å². The summed E-state index contributed by atoms with van der Waals surface area (Å²) in [5, 5.41) is 0. The highest BCUT2D eigenvalue weighted by atomic mass is 16.2. The molecule has 0 aromatic carbocycles. The second-order valence-electron chi connectivity index (χ2n) is 5.95. The van der Waals surface area contributed by atoms with E-state index in [1.165, 1.54) is 51.4 Å². The maximum atomic E-state index is 12.1. The average Bonchev–Trinajstić information content (AvgIpc) is 2.68. The number of unbranched alkanes of at least 4 members (excludes halogenated alkanes) is 6. The van der Waals surface area contributed by atoms with Crippen molar-refractivity contribution in [3.8, 4) is 0 Å². The molecule has 1 aliphatic heterocycles. The fraction of sp³-hybridized carbons (Fsp3) is 0.938. The van der Waals surface area contributed by atoms with E-state index in [0.29, 0.717) is 18.0 Å². The van der Waals surface area contributed by atoms with Gasteiger partial charge in [0.1, 0.15) is 0 Å². The molecule has 0 aliphatic carbocycles. The predicted molar refractivity (Wildman–Crippen MR) is 77.6 cm³/mol. The van der Waals surface area contributed by atoms with Crippen molar-refractivity contribution in [2.45, 2.75) is 97.1 Å². The summed E-state index contributed by atoms with van der Waals surface area (Å²) < 4.78 is 0. The van der Waals surface area contributed by atoms with Crippen LogP contribution < -0.4 is 0 Å². The molecular formula is C16H31NO. The normalized spacial score (nSPS) is 23.6. The van der Waals surface area contributed by atoms with Gasteiger partial charge in [-0.05, 0) is 33.1 Å². The highest BCUT2D eigenvalue weighted by molar-refractivity contribution is 5.77. The minimum absolute atomic E-state index is 0.390. The van der Waals surface area contributed by atoms with Gasteiger partial charge in [-0.25, -0.2) is 0 Å². The van der Waals surface area contributed by atoms with Crippen LogP contribution in [0, 0.1) is 0 Å². The lowest BCUT2D eigenvalue weighted by atomic mass is 10.1. The molecule has 1 rings (SSSR count). The molecular weight excluding hydrogens is 222 g/mol. The minimum Gasteiger partial charge on any atom is -0.337 e. The van der Waals surface area contributed by atoms with Gasteiger partial charge in [-0.1, -0.05) is 45.4 Å². The number of carbonyl (C=O) groups excluding carboxylic acids is 1. The van der Waals surface area contributed by atoms with Crippen LogP contribution in [-0.4, -0.2) is 22.9 Å². The summed E-state index contributed by atoms with van der Waals surface area (Å²) in [6.45, 7) is 6.62. The second kappa shape index (κ2) is 8.55. The van der Waals surface area contributed by atoms with Gasteiger partial charge >= 0.3 is 0 Å². The zero-order valence-corrected chi connectivity index (χ0v) is 12.6. The third-order valence-electron chi connectivity index (χ3n) is 4.23. The molecule has 1 heterocycles. The Labute approximate surface area is 113 Å². The van der Waals surface area contributed by atoms with E-state index in [1.54, 1.807) is 0 Å². The third kappa shape index (κ3) is 4.99. The standard InChI is InChI=1S/C16H31NO/c1-4-5-6-7-8-9-10-11-16(18)17-14(2)12-13-15(17)3/h14-15H,4-13H2,1-3H3/t14-,15-/m0/s1. The lowest BCUT2D eigenvalue weighted by Crippen LogP contribution is -2.38. The Bertz CT molecular complexity index is 229. The molecule has 0 N–H and O–H groups in total. The quantitative estimate of drug-likeness (QED) is 0.582. The SMILES string of the molecule is CCCCCCCCCC(=O)N1[C@@H](C)CC[C@@H]1C. The molecule has 2 heteroatoms. The van der Waals surface area contributed by atoms with Gasteiger partial charge in [0.25, 0.3) is 0 Å². The van der Waals surface area contributed by atoms with Crippen LogP contribution in [0.1, 0.15) is 85.0 Å². The van der Waals surface area contributed by atoms with Crippen LogP contribution in [-0.2, 0) is 4.79 Å². The molecule has 1 saturated heterocycles. The number of likely N-dealkylation sites (tertiary alicyclic amines) is 1. The topological polar surface area (TPSA) is 20.3 Å². The molecule has 2 atom stereocenters. The van der Waals surface area contributed by atoms with Crippen molar-refractivity contribution in [2.75, 3.05) is 0 Å². The van der Waals surface area contributed by atoms with Crippen LogP contribution >= 0.6 is 0 Å². The fourth-order valence-corrected chi connectivity index (χ4v) is 3.05. The third-order valence-corrected chi connectivity index (χ3v) is 4.23. The number of hydrogen-bond donors (Lipinski definition) is 0. The van der Waals surface area contributed by atoms with E-state index in [0.717, 1.165) is 12.8 Å². The molecule has 18 heavy (non-hydrogen) atoms. The van der Waals surface area contributed by atoms with Crippen molar-refractivity contribution in [3.63, 3.8) is 0 Å². The van der Waals surface area contributed by atoms with Crippen molar-refractivity contribution in [3.05, 3.63) is 0 Å². The summed E-state index contributed by atoms with van der Waals surface area (Å²) in [5.41, 5.74) is 0. The number of hydrogen-bond acceptors (Lipinski definition) is 1. The molecule has 0 radical (unpaired) electrons. The van der Waals surface area contributed by atoms with Crippen LogP contribution in [0.25, 0.3) is 0 Å². The van der Waals surface area contributed by atoms with Gasteiger partial charge in [-0.15, -0.1) is 0 Å². The molecule has 0 unspecified atom stereocenters. The maximum absolute atomic E-state index is 12.1. The summed E-state index contributed by atoms with van der Waals surface area (Å²) in [7, 11) is 0. The lowest BCUT2D eigenvalue weighted by Gasteiger charge is -2.26. The zero-order chi connectivity index (χ0) is 13.4. The number of carbonyl (C=O) groups is 1. The van der Waals surface area contributed by atoms with Crippen LogP contribution in [0.2, 0.25) is 0 Å². The summed E-state index contributed by atoms with van der Waals surface area (Å²) in [6.07, 6.45) is 12.1. The Morgan fingerprint density at radius 3 is 2.00 bits per heavy atom. The van der Waals surface area contributed by atoms with E-state index < -0.39 is 0 Å². The summed E-state index contributed by atoms with van der Waals surface area (Å²) in [6, 6.07) is 0.939. The predicted octanol–water partition coefficient (Wildman–Crippen LogP) is 4.53. The molecule has 1 amide bonds. The molecule has 1 aliphatic rings. The van der Waals surface area contributed by atoms with Gasteiger partial charge in [0.05, 0.1) is 0 Å². The average molecular weight is 253 g/mol. The Morgan fingerprint density at radius 1 is 0.944 bits per heavy atom. The highest BCUT2D eigenvalue weighted by Gasteiger charge is 2.30. The van der Waals surface area contributed by atoms with E-state index in [1.807, 2.05) is 0 Å². The molecule has 0 bridgehead atoms. The number of rotatable bonds is 8. The summed E-state index contributed by atoms with van der Waals surface area (Å²) in [4.78, 5) is 14.2. The second-order valence-corrected chi connectivity index (χ2v) is 5.95. The van der Waals surface area contributed by atoms with Crippen LogP contribution in [0.4, 0.5) is 0 Å². The molecule has 0 saturated carbocycles. The van der Waals surface area contributed by atoms with Crippen LogP contribution in [0.5, 0.6) is 0 Å². The van der Waals surface area contributed by atoms with E-state index >= 15 is 0 Å². The fourth-order valence-electron chi connectivity index (χ4n) is 3.05. The highest BCUT2D eigenvalue weighted by Crippen LogP contribution is 2.24. The van der Waals surface area contributed by atoms with Crippen LogP contribution in [0.15, 0.2) is 0 Å². The largest absolute Gasteiger partial charge is 0.337 e. The molecule has 0 aromatic heterocycles. The molecule has 0 spiro atoms. The summed E-state index contributed by atoms with van der Waals surface area (Å²) in [5.74, 6) is 0.390. The minimum atomic E-state index is 0.390. The van der Waals surface area contributed by atoms with Crippen molar-refractivity contribution in [2.24, 2.45) is 0 Å². The van der Waals surface area contributed by atoms with Crippen molar-refractivity contribution in [1.82, 2.24) is 4.90 Å². The van der Waals surface area contributed by atoms with Gasteiger partial charge < -0.3 is 4.90 Å². The van der Waals surface area contributed by atoms with E-state index in [4.69, 9.17) is 0 Å². The first kappa shape index (κ1) is 15.5. The molecule has 106 valence electrons.